The van der Waals surface area contributed by atoms with Crippen LogP contribution < -0.4 is 0 Å². The van der Waals surface area contributed by atoms with Crippen LogP contribution in [-0.2, 0) is 9.53 Å². The largest absolute Gasteiger partial charge is 0.372 e. The van der Waals surface area contributed by atoms with Crippen molar-refractivity contribution in [1.82, 2.24) is 0 Å². The molecule has 0 saturated heterocycles. The number of hydrogen-bond acceptors (Lipinski definition) is 3. The van der Waals surface area contributed by atoms with Crippen molar-refractivity contribution in [2.24, 2.45) is 11.3 Å². The van der Waals surface area contributed by atoms with E-state index < -0.39 is 0 Å². The summed E-state index contributed by atoms with van der Waals surface area (Å²) in [7, 11) is 0. The molecule has 0 amide bonds. The van der Waals surface area contributed by atoms with E-state index in [-0.39, 0.29) is 23.0 Å². The van der Waals surface area contributed by atoms with Gasteiger partial charge in [0.2, 0.25) is 0 Å². The Bertz CT molecular complexity index is 555. The van der Waals surface area contributed by atoms with E-state index in [0.717, 1.165) is 0 Å². The molecule has 126 valence electrons. The van der Waals surface area contributed by atoms with Crippen molar-refractivity contribution in [2.75, 3.05) is 0 Å². The van der Waals surface area contributed by atoms with Crippen LogP contribution in [-0.4, -0.2) is 17.5 Å². The molecule has 0 N–H and O–H groups in total. The number of rotatable bonds is 5. The fourth-order valence-corrected chi connectivity index (χ4v) is 3.95. The van der Waals surface area contributed by atoms with Crippen LogP contribution in [0.2, 0.25) is 0 Å². The number of carbonyl (C=O) groups is 1. The average Bonchev–Trinajstić information content (AvgIpc) is 2.79. The fourth-order valence-electron chi connectivity index (χ4n) is 3.06. The Morgan fingerprint density at radius 1 is 1.09 bits per heavy atom. The number of thioether (sulfide) groups is 1. The SMILES string of the molecule is CC(C)(C)O[C@@H]1CC(=O)C[C@H]1C(C)(C)/C=C/Sc1ccccc1. The number of Topliss-reactive ketones (excluding diaryl/α,β-unsaturated/α-hetero) is 1. The van der Waals surface area contributed by atoms with Gasteiger partial charge in [-0.2, -0.15) is 0 Å². The van der Waals surface area contributed by atoms with Crippen LogP contribution >= 0.6 is 11.8 Å². The number of ketones is 1. The van der Waals surface area contributed by atoms with Crippen molar-refractivity contribution in [3.05, 3.63) is 41.8 Å². The molecule has 0 heterocycles. The maximum absolute atomic E-state index is 12.0. The highest BCUT2D eigenvalue weighted by molar-refractivity contribution is 8.02. The first-order valence-electron chi connectivity index (χ1n) is 8.26. The molecule has 1 aliphatic rings. The van der Waals surface area contributed by atoms with Crippen molar-refractivity contribution >= 4 is 17.5 Å². The Kier molecular flexibility index (Phi) is 5.74. The quantitative estimate of drug-likeness (QED) is 0.668. The molecule has 2 rings (SSSR count). The average molecular weight is 333 g/mol. The third-order valence-corrected chi connectivity index (χ3v) is 5.05. The second-order valence-corrected chi connectivity index (χ2v) is 8.86. The molecule has 0 unspecified atom stereocenters. The van der Waals surface area contributed by atoms with Crippen LogP contribution in [0.4, 0.5) is 0 Å². The Labute approximate surface area is 144 Å². The maximum Gasteiger partial charge on any atom is 0.135 e. The standard InChI is InChI=1S/C20H28O2S/c1-19(2,3)22-18-14-15(21)13-17(18)20(4,5)11-12-23-16-9-7-6-8-10-16/h6-12,17-18H,13-14H2,1-5H3/b12-11+/t17-,18-/m1/s1. The van der Waals surface area contributed by atoms with Crippen molar-refractivity contribution in [3.8, 4) is 0 Å². The molecule has 1 fully saturated rings. The fraction of sp³-hybridized carbons (Fsp3) is 0.550. The van der Waals surface area contributed by atoms with E-state index in [0.29, 0.717) is 18.6 Å². The van der Waals surface area contributed by atoms with E-state index in [4.69, 9.17) is 4.74 Å². The zero-order valence-electron chi connectivity index (χ0n) is 14.8. The van der Waals surface area contributed by atoms with Gasteiger partial charge >= 0.3 is 0 Å². The third kappa shape index (κ3) is 5.50. The van der Waals surface area contributed by atoms with Gasteiger partial charge in [-0.1, -0.05) is 49.9 Å². The van der Waals surface area contributed by atoms with Crippen molar-refractivity contribution < 1.29 is 9.53 Å². The molecule has 1 aliphatic carbocycles. The normalized spacial score (nSPS) is 22.9. The Morgan fingerprint density at radius 3 is 2.35 bits per heavy atom. The van der Waals surface area contributed by atoms with Crippen molar-refractivity contribution in [2.45, 2.75) is 64.1 Å². The first-order valence-corrected chi connectivity index (χ1v) is 9.14. The van der Waals surface area contributed by atoms with Gasteiger partial charge in [0.15, 0.2) is 0 Å². The van der Waals surface area contributed by atoms with E-state index in [2.05, 4.69) is 58.2 Å². The minimum absolute atomic E-state index is 0.0175. The van der Waals surface area contributed by atoms with Crippen LogP contribution in [0.25, 0.3) is 0 Å². The minimum Gasteiger partial charge on any atom is -0.372 e. The Morgan fingerprint density at radius 2 is 1.74 bits per heavy atom. The Hall–Kier alpha value is -1.06. The summed E-state index contributed by atoms with van der Waals surface area (Å²) in [5.41, 5.74) is -0.282. The molecule has 0 bridgehead atoms. The Balaban J connectivity index is 2.05. The highest BCUT2D eigenvalue weighted by Gasteiger charge is 2.43. The monoisotopic (exact) mass is 332 g/mol. The van der Waals surface area contributed by atoms with Crippen molar-refractivity contribution in [1.29, 1.82) is 0 Å². The van der Waals surface area contributed by atoms with Gasteiger partial charge in [-0.15, -0.1) is 0 Å². The number of benzene rings is 1. The summed E-state index contributed by atoms with van der Waals surface area (Å²) in [6.07, 6.45) is 3.41. The predicted molar refractivity (Wildman–Crippen MR) is 97.6 cm³/mol. The maximum atomic E-state index is 12.0. The number of carbonyl (C=O) groups excluding carboxylic acids is 1. The first kappa shape index (κ1) is 18.3. The van der Waals surface area contributed by atoms with E-state index in [1.807, 2.05) is 18.2 Å². The molecular weight excluding hydrogens is 304 g/mol. The lowest BCUT2D eigenvalue weighted by molar-refractivity contribution is -0.119. The van der Waals surface area contributed by atoms with Gasteiger partial charge in [-0.05, 0) is 43.7 Å². The second-order valence-electron chi connectivity index (χ2n) is 7.88. The van der Waals surface area contributed by atoms with Crippen LogP contribution in [0.3, 0.4) is 0 Å². The van der Waals surface area contributed by atoms with Crippen LogP contribution in [0.15, 0.2) is 46.7 Å². The first-order chi connectivity index (χ1) is 10.7. The number of hydrogen-bond donors (Lipinski definition) is 0. The van der Waals surface area contributed by atoms with Crippen LogP contribution in [0, 0.1) is 11.3 Å². The smallest absolute Gasteiger partial charge is 0.135 e. The molecule has 2 nitrogen and oxygen atoms in total. The summed E-state index contributed by atoms with van der Waals surface area (Å²) >= 11 is 1.71. The van der Waals surface area contributed by atoms with Crippen molar-refractivity contribution in [3.63, 3.8) is 0 Å². The molecule has 0 aliphatic heterocycles. The highest BCUT2D eigenvalue weighted by Crippen LogP contribution is 2.42. The number of allylic oxidation sites excluding steroid dienone is 1. The summed E-state index contributed by atoms with van der Waals surface area (Å²) in [5, 5.41) is 2.15. The summed E-state index contributed by atoms with van der Waals surface area (Å²) in [5.74, 6) is 0.559. The van der Waals surface area contributed by atoms with Gasteiger partial charge in [-0.25, -0.2) is 0 Å². The third-order valence-electron chi connectivity index (χ3n) is 4.23. The molecule has 3 heteroatoms. The molecule has 0 radical (unpaired) electrons. The summed E-state index contributed by atoms with van der Waals surface area (Å²) in [6, 6.07) is 10.3. The molecule has 0 aromatic heterocycles. The zero-order valence-corrected chi connectivity index (χ0v) is 15.7. The lowest BCUT2D eigenvalue weighted by atomic mass is 9.76. The lowest BCUT2D eigenvalue weighted by Gasteiger charge is -2.36. The van der Waals surface area contributed by atoms with E-state index >= 15 is 0 Å². The molecular formula is C20H28O2S. The molecule has 1 aromatic rings. The van der Waals surface area contributed by atoms with E-state index in [1.165, 1.54) is 4.90 Å². The second kappa shape index (κ2) is 7.23. The summed E-state index contributed by atoms with van der Waals surface area (Å²) in [4.78, 5) is 13.2. The van der Waals surface area contributed by atoms with Crippen LogP contribution in [0.5, 0.6) is 0 Å². The molecule has 2 atom stereocenters. The van der Waals surface area contributed by atoms with Gasteiger partial charge < -0.3 is 4.74 Å². The lowest BCUT2D eigenvalue weighted by Crippen LogP contribution is -2.35. The van der Waals surface area contributed by atoms with Gasteiger partial charge in [0, 0.05) is 23.7 Å². The number of ether oxygens (including phenoxy) is 1. The van der Waals surface area contributed by atoms with Gasteiger partial charge in [0.25, 0.3) is 0 Å². The minimum atomic E-state index is -0.216. The highest BCUT2D eigenvalue weighted by atomic mass is 32.2. The zero-order chi connectivity index (χ0) is 17.1. The molecule has 1 saturated carbocycles. The van der Waals surface area contributed by atoms with E-state index in [1.54, 1.807) is 11.8 Å². The molecule has 23 heavy (non-hydrogen) atoms. The van der Waals surface area contributed by atoms with E-state index in [9.17, 15) is 4.79 Å². The van der Waals surface area contributed by atoms with Gasteiger partial charge in [-0.3, -0.25) is 4.79 Å². The summed E-state index contributed by atoms with van der Waals surface area (Å²) < 4.78 is 6.17. The summed E-state index contributed by atoms with van der Waals surface area (Å²) in [6.45, 7) is 10.6. The topological polar surface area (TPSA) is 26.3 Å². The van der Waals surface area contributed by atoms with Gasteiger partial charge in [0.1, 0.15) is 5.78 Å². The van der Waals surface area contributed by atoms with Gasteiger partial charge in [0.05, 0.1) is 11.7 Å². The molecule has 0 spiro atoms. The van der Waals surface area contributed by atoms with Crippen LogP contribution in [0.1, 0.15) is 47.5 Å². The predicted octanol–water partition coefficient (Wildman–Crippen LogP) is 5.48. The molecule has 1 aromatic carbocycles.